The maximum Gasteiger partial charge on any atom is 0.488 e. The van der Waals surface area contributed by atoms with Gasteiger partial charge in [-0.15, -0.1) is 0 Å². The molecule has 0 radical (unpaired) electrons. The molecule has 1 aromatic rings. The molecule has 128 valence electrons. The second-order valence-corrected chi connectivity index (χ2v) is 6.05. The van der Waals surface area contributed by atoms with Crippen LogP contribution in [0.1, 0.15) is 15.9 Å². The van der Waals surface area contributed by atoms with Crippen molar-refractivity contribution in [1.29, 1.82) is 0 Å². The number of benzene rings is 1. The van der Waals surface area contributed by atoms with Crippen LogP contribution in [0.2, 0.25) is 0 Å². The Bertz CT molecular complexity index is 829. The van der Waals surface area contributed by atoms with E-state index in [2.05, 4.69) is 4.18 Å². The molecule has 1 aliphatic rings. The molecule has 0 bridgehead atoms. The first kappa shape index (κ1) is 17.6. The second-order valence-electron chi connectivity index (χ2n) is 5.09. The van der Waals surface area contributed by atoms with Crippen LogP contribution in [0.25, 0.3) is 0 Å². The lowest BCUT2D eigenvalue weighted by molar-refractivity contribution is -0.137. The number of halogens is 1. The van der Waals surface area contributed by atoms with Crippen LogP contribution in [0.3, 0.4) is 0 Å². The minimum absolute atomic E-state index is 0.0527. The van der Waals surface area contributed by atoms with Gasteiger partial charge in [-0.3, -0.25) is 19.3 Å². The SMILES string of the molecule is CN(C)C(=O)c1ccc(CN2C(=O)C=CC2=O)c(OS(=O)(=O)F)c1. The molecule has 0 aliphatic carbocycles. The van der Waals surface area contributed by atoms with Crippen molar-refractivity contribution < 1.29 is 30.9 Å². The van der Waals surface area contributed by atoms with Gasteiger partial charge < -0.3 is 9.08 Å². The molecule has 1 aliphatic heterocycles. The van der Waals surface area contributed by atoms with Crippen molar-refractivity contribution in [3.05, 3.63) is 41.5 Å². The average Bonchev–Trinajstić information content (AvgIpc) is 2.78. The fourth-order valence-corrected chi connectivity index (χ4v) is 2.39. The molecule has 0 atom stereocenters. The minimum Gasteiger partial charge on any atom is -0.358 e. The Morgan fingerprint density at radius 3 is 2.29 bits per heavy atom. The highest BCUT2D eigenvalue weighted by molar-refractivity contribution is 7.81. The lowest BCUT2D eigenvalue weighted by Crippen LogP contribution is -2.29. The number of rotatable bonds is 5. The molecule has 1 aromatic carbocycles. The van der Waals surface area contributed by atoms with E-state index >= 15 is 0 Å². The molecule has 8 nitrogen and oxygen atoms in total. The van der Waals surface area contributed by atoms with Crippen LogP contribution >= 0.6 is 0 Å². The van der Waals surface area contributed by atoms with Crippen LogP contribution in [-0.2, 0) is 26.6 Å². The number of hydrogen-bond acceptors (Lipinski definition) is 6. The zero-order chi connectivity index (χ0) is 18.1. The van der Waals surface area contributed by atoms with E-state index in [0.717, 1.165) is 23.1 Å². The van der Waals surface area contributed by atoms with Crippen LogP contribution in [0.4, 0.5) is 3.89 Å². The van der Waals surface area contributed by atoms with Gasteiger partial charge in [0.1, 0.15) is 0 Å². The van der Waals surface area contributed by atoms with Gasteiger partial charge in [-0.2, -0.15) is 8.42 Å². The van der Waals surface area contributed by atoms with Crippen LogP contribution < -0.4 is 4.18 Å². The zero-order valence-electron chi connectivity index (χ0n) is 12.7. The van der Waals surface area contributed by atoms with Crippen LogP contribution in [0, 0.1) is 0 Å². The number of amides is 3. The van der Waals surface area contributed by atoms with Gasteiger partial charge in [0.2, 0.25) is 0 Å². The van der Waals surface area contributed by atoms with Gasteiger partial charge in [-0.05, 0) is 12.1 Å². The molecular formula is C14H13FN2O6S. The summed E-state index contributed by atoms with van der Waals surface area (Å²) in [6.07, 6.45) is 2.11. The van der Waals surface area contributed by atoms with Gasteiger partial charge in [0.15, 0.2) is 5.75 Å². The van der Waals surface area contributed by atoms with Crippen molar-refractivity contribution in [2.45, 2.75) is 6.54 Å². The maximum absolute atomic E-state index is 12.9. The van der Waals surface area contributed by atoms with Crippen molar-refractivity contribution in [2.24, 2.45) is 0 Å². The third-order valence-corrected chi connectivity index (χ3v) is 3.52. The molecule has 3 amide bonds. The summed E-state index contributed by atoms with van der Waals surface area (Å²) in [4.78, 5) is 37.1. The van der Waals surface area contributed by atoms with E-state index in [1.165, 1.54) is 31.1 Å². The standard InChI is InChI=1S/C14H13FN2O6S/c1-16(2)14(20)9-3-4-10(11(7-9)23-24(15,21)22)8-17-12(18)5-6-13(17)19/h3-7H,8H2,1-2H3. The molecule has 0 saturated heterocycles. The zero-order valence-corrected chi connectivity index (χ0v) is 13.5. The van der Waals surface area contributed by atoms with Gasteiger partial charge in [-0.25, -0.2) is 0 Å². The largest absolute Gasteiger partial charge is 0.488 e. The first-order valence-electron chi connectivity index (χ1n) is 6.60. The van der Waals surface area contributed by atoms with E-state index < -0.39 is 34.0 Å². The molecule has 0 saturated carbocycles. The van der Waals surface area contributed by atoms with Crippen LogP contribution in [-0.4, -0.2) is 50.0 Å². The third kappa shape index (κ3) is 3.96. The Morgan fingerprint density at radius 2 is 1.79 bits per heavy atom. The third-order valence-electron chi connectivity index (χ3n) is 3.14. The smallest absolute Gasteiger partial charge is 0.358 e. The van der Waals surface area contributed by atoms with E-state index in [0.29, 0.717) is 0 Å². The molecular weight excluding hydrogens is 343 g/mol. The molecule has 2 rings (SSSR count). The summed E-state index contributed by atoms with van der Waals surface area (Å²) < 4.78 is 38.7. The topological polar surface area (TPSA) is 101 Å². The molecule has 24 heavy (non-hydrogen) atoms. The van der Waals surface area contributed by atoms with Crippen molar-refractivity contribution >= 4 is 28.2 Å². The summed E-state index contributed by atoms with van der Waals surface area (Å²) in [7, 11) is -2.39. The van der Waals surface area contributed by atoms with Crippen LogP contribution in [0.15, 0.2) is 30.4 Å². The summed E-state index contributed by atoms with van der Waals surface area (Å²) in [5.41, 5.74) is 0.108. The van der Waals surface area contributed by atoms with Crippen molar-refractivity contribution in [2.75, 3.05) is 14.1 Å². The van der Waals surface area contributed by atoms with Gasteiger partial charge in [0.05, 0.1) is 6.54 Å². The van der Waals surface area contributed by atoms with Crippen molar-refractivity contribution in [1.82, 2.24) is 9.80 Å². The normalized spacial score (nSPS) is 14.2. The summed E-state index contributed by atoms with van der Waals surface area (Å²) >= 11 is 0. The number of carbonyl (C=O) groups excluding carboxylic acids is 3. The Balaban J connectivity index is 2.41. The van der Waals surface area contributed by atoms with E-state index in [1.54, 1.807) is 0 Å². The predicted octanol–water partition coefficient (Wildman–Crippen LogP) is 0.406. The van der Waals surface area contributed by atoms with E-state index in [1.807, 2.05) is 0 Å². The Hall–Kier alpha value is -2.75. The maximum atomic E-state index is 12.9. The Labute approximate surface area is 137 Å². The van der Waals surface area contributed by atoms with Crippen molar-refractivity contribution in [3.8, 4) is 5.75 Å². The molecule has 0 aromatic heterocycles. The quantitative estimate of drug-likeness (QED) is 0.559. The molecule has 10 heteroatoms. The lowest BCUT2D eigenvalue weighted by Gasteiger charge is -2.17. The molecule has 0 spiro atoms. The number of hydrogen-bond donors (Lipinski definition) is 0. The van der Waals surface area contributed by atoms with Gasteiger partial charge >= 0.3 is 10.5 Å². The summed E-state index contributed by atoms with van der Waals surface area (Å²) in [5.74, 6) is -2.12. The molecule has 0 fully saturated rings. The lowest BCUT2D eigenvalue weighted by atomic mass is 10.1. The van der Waals surface area contributed by atoms with Crippen molar-refractivity contribution in [3.63, 3.8) is 0 Å². The monoisotopic (exact) mass is 356 g/mol. The number of imide groups is 1. The highest BCUT2D eigenvalue weighted by atomic mass is 32.3. The first-order valence-corrected chi connectivity index (χ1v) is 7.91. The summed E-state index contributed by atoms with van der Waals surface area (Å²) in [6.45, 7) is -0.327. The fraction of sp³-hybridized carbons (Fsp3) is 0.214. The Morgan fingerprint density at radius 1 is 1.21 bits per heavy atom. The number of nitrogens with zero attached hydrogens (tertiary/aromatic N) is 2. The van der Waals surface area contributed by atoms with Gasteiger partial charge in [0, 0.05) is 37.4 Å². The highest BCUT2D eigenvalue weighted by Gasteiger charge is 2.26. The Kier molecular flexibility index (Phi) is 4.69. The molecule has 0 N–H and O–H groups in total. The molecule has 0 unspecified atom stereocenters. The predicted molar refractivity (Wildman–Crippen MR) is 79.8 cm³/mol. The van der Waals surface area contributed by atoms with Gasteiger partial charge in [0.25, 0.3) is 17.7 Å². The van der Waals surface area contributed by atoms with E-state index in [-0.39, 0.29) is 17.7 Å². The minimum atomic E-state index is -5.35. The fourth-order valence-electron chi connectivity index (χ4n) is 2.02. The number of carbonyl (C=O) groups is 3. The van der Waals surface area contributed by atoms with E-state index in [9.17, 15) is 26.7 Å². The van der Waals surface area contributed by atoms with E-state index in [4.69, 9.17) is 0 Å². The molecule has 1 heterocycles. The summed E-state index contributed by atoms with van der Waals surface area (Å²) in [5, 5.41) is 0. The first-order chi connectivity index (χ1) is 11.1. The highest BCUT2D eigenvalue weighted by Crippen LogP contribution is 2.26. The van der Waals surface area contributed by atoms with Crippen LogP contribution in [0.5, 0.6) is 5.75 Å². The van der Waals surface area contributed by atoms with Gasteiger partial charge in [-0.1, -0.05) is 9.95 Å². The summed E-state index contributed by atoms with van der Waals surface area (Å²) in [6, 6.07) is 3.68. The second kappa shape index (κ2) is 6.40. The average molecular weight is 356 g/mol.